The van der Waals surface area contributed by atoms with E-state index in [1.54, 1.807) is 0 Å². The van der Waals surface area contributed by atoms with Crippen LogP contribution in [0.1, 0.15) is 12.5 Å². The lowest BCUT2D eigenvalue weighted by Crippen LogP contribution is -2.55. The lowest BCUT2D eigenvalue weighted by molar-refractivity contribution is -0.119. The van der Waals surface area contributed by atoms with Crippen molar-refractivity contribution in [3.05, 3.63) is 29.8 Å². The number of hydrogen-bond acceptors (Lipinski definition) is 2. The van der Waals surface area contributed by atoms with Gasteiger partial charge < -0.3 is 16.0 Å². The van der Waals surface area contributed by atoms with Gasteiger partial charge in [-0.1, -0.05) is 46.9 Å². The SMILES string of the molecule is CC(=O)N[C@H](NC(=S)Nc1cccc(C)c1)C(Cl)(Cl)Cl. The summed E-state index contributed by atoms with van der Waals surface area (Å²) in [5.41, 5.74) is 1.88. The maximum atomic E-state index is 11.1. The second-order valence-electron chi connectivity index (χ2n) is 4.14. The minimum Gasteiger partial charge on any atom is -0.339 e. The lowest BCUT2D eigenvalue weighted by atomic mass is 10.2. The van der Waals surface area contributed by atoms with Crippen LogP contribution < -0.4 is 16.0 Å². The van der Waals surface area contributed by atoms with Gasteiger partial charge in [-0.05, 0) is 36.8 Å². The van der Waals surface area contributed by atoms with E-state index < -0.39 is 9.96 Å². The van der Waals surface area contributed by atoms with E-state index in [1.165, 1.54) is 6.92 Å². The van der Waals surface area contributed by atoms with Crippen molar-refractivity contribution < 1.29 is 4.79 Å². The molecular formula is C12H14Cl3N3OS. The Morgan fingerprint density at radius 3 is 2.45 bits per heavy atom. The molecule has 0 aromatic heterocycles. The van der Waals surface area contributed by atoms with Crippen LogP contribution in [0.5, 0.6) is 0 Å². The van der Waals surface area contributed by atoms with E-state index in [0.717, 1.165) is 11.3 Å². The second-order valence-corrected chi connectivity index (χ2v) is 6.92. The predicted molar refractivity (Wildman–Crippen MR) is 88.4 cm³/mol. The van der Waals surface area contributed by atoms with Crippen molar-refractivity contribution in [3.63, 3.8) is 0 Å². The summed E-state index contributed by atoms with van der Waals surface area (Å²) in [6.07, 6.45) is -0.935. The molecule has 0 aliphatic carbocycles. The van der Waals surface area contributed by atoms with Crippen molar-refractivity contribution in [1.82, 2.24) is 10.6 Å². The smallest absolute Gasteiger partial charge is 0.228 e. The summed E-state index contributed by atoms with van der Waals surface area (Å²) in [5.74, 6) is -0.341. The fraction of sp³-hybridized carbons (Fsp3) is 0.333. The van der Waals surface area contributed by atoms with Gasteiger partial charge in [0.25, 0.3) is 0 Å². The molecule has 1 rings (SSSR count). The van der Waals surface area contributed by atoms with E-state index in [0.29, 0.717) is 0 Å². The summed E-state index contributed by atoms with van der Waals surface area (Å²) >= 11 is 22.5. The Hall–Kier alpha value is -0.750. The Morgan fingerprint density at radius 2 is 1.95 bits per heavy atom. The molecule has 8 heteroatoms. The summed E-state index contributed by atoms with van der Waals surface area (Å²) < 4.78 is -1.73. The lowest BCUT2D eigenvalue weighted by Gasteiger charge is -2.27. The van der Waals surface area contributed by atoms with Gasteiger partial charge in [0.15, 0.2) is 5.11 Å². The Bertz CT molecular complexity index is 505. The molecule has 0 radical (unpaired) electrons. The van der Waals surface area contributed by atoms with Gasteiger partial charge in [-0.3, -0.25) is 4.79 Å². The second kappa shape index (κ2) is 7.31. The number of nitrogens with one attached hydrogen (secondary N) is 3. The van der Waals surface area contributed by atoms with Gasteiger partial charge >= 0.3 is 0 Å². The molecule has 0 spiro atoms. The van der Waals surface area contributed by atoms with Gasteiger partial charge in [-0.15, -0.1) is 0 Å². The van der Waals surface area contributed by atoms with E-state index in [1.807, 2.05) is 31.2 Å². The molecule has 0 aliphatic heterocycles. The summed E-state index contributed by atoms with van der Waals surface area (Å²) in [4.78, 5) is 11.1. The van der Waals surface area contributed by atoms with Crippen LogP contribution in [0, 0.1) is 6.92 Å². The third-order valence-corrected chi connectivity index (χ3v) is 3.10. The highest BCUT2D eigenvalue weighted by Crippen LogP contribution is 2.29. The molecule has 1 atom stereocenters. The molecule has 0 bridgehead atoms. The molecule has 0 saturated carbocycles. The summed E-state index contributed by atoms with van der Waals surface area (Å²) in [5, 5.41) is 8.41. The molecule has 1 amide bonds. The number of aryl methyl sites for hydroxylation is 1. The molecule has 20 heavy (non-hydrogen) atoms. The maximum absolute atomic E-state index is 11.1. The summed E-state index contributed by atoms with van der Waals surface area (Å²) in [6.45, 7) is 3.28. The minimum atomic E-state index is -1.73. The Balaban J connectivity index is 2.69. The number of rotatable bonds is 3. The molecule has 0 unspecified atom stereocenters. The first-order valence-electron chi connectivity index (χ1n) is 5.66. The van der Waals surface area contributed by atoms with Gasteiger partial charge in [-0.25, -0.2) is 0 Å². The number of thiocarbonyl (C=S) groups is 1. The van der Waals surface area contributed by atoms with Gasteiger partial charge in [-0.2, -0.15) is 0 Å². The zero-order chi connectivity index (χ0) is 15.3. The van der Waals surface area contributed by atoms with Crippen molar-refractivity contribution in [2.75, 3.05) is 5.32 Å². The fourth-order valence-electron chi connectivity index (χ4n) is 1.42. The quantitative estimate of drug-likeness (QED) is 0.443. The van der Waals surface area contributed by atoms with E-state index in [4.69, 9.17) is 47.0 Å². The van der Waals surface area contributed by atoms with Gasteiger partial charge in [0.1, 0.15) is 6.17 Å². The average Bonchev–Trinajstić information content (AvgIpc) is 2.26. The molecule has 1 aromatic rings. The number of benzene rings is 1. The zero-order valence-corrected chi connectivity index (χ0v) is 13.9. The standard InChI is InChI=1S/C12H14Cl3N3OS/c1-7-4-3-5-9(6-7)17-11(20)18-10(12(13,14)15)16-8(2)19/h3-6,10H,1-2H3,(H,16,19)(H2,17,18,20)/t10-/m1/s1. The number of alkyl halides is 3. The molecule has 0 saturated heterocycles. The molecule has 0 heterocycles. The van der Waals surface area contributed by atoms with E-state index >= 15 is 0 Å². The Morgan fingerprint density at radius 1 is 1.30 bits per heavy atom. The first-order valence-corrected chi connectivity index (χ1v) is 7.20. The molecular weight excluding hydrogens is 341 g/mol. The number of carbonyl (C=O) groups is 1. The highest BCUT2D eigenvalue weighted by Gasteiger charge is 2.33. The van der Waals surface area contributed by atoms with Crippen LogP contribution in [0.15, 0.2) is 24.3 Å². The normalized spacial score (nSPS) is 12.4. The van der Waals surface area contributed by atoms with Gasteiger partial charge in [0, 0.05) is 12.6 Å². The number of anilines is 1. The van der Waals surface area contributed by atoms with Crippen LogP contribution in [0.4, 0.5) is 5.69 Å². The first-order chi connectivity index (χ1) is 9.18. The van der Waals surface area contributed by atoms with Crippen molar-refractivity contribution in [1.29, 1.82) is 0 Å². The van der Waals surface area contributed by atoms with Crippen LogP contribution in [-0.4, -0.2) is 21.0 Å². The number of carbonyl (C=O) groups excluding carboxylic acids is 1. The monoisotopic (exact) mass is 353 g/mol. The van der Waals surface area contributed by atoms with Crippen molar-refractivity contribution in [2.45, 2.75) is 23.8 Å². The topological polar surface area (TPSA) is 53.2 Å². The Kier molecular flexibility index (Phi) is 6.33. The van der Waals surface area contributed by atoms with Crippen LogP contribution in [0.3, 0.4) is 0 Å². The molecule has 1 aromatic carbocycles. The number of halogens is 3. The third-order valence-electron chi connectivity index (χ3n) is 2.23. The summed E-state index contributed by atoms with van der Waals surface area (Å²) in [6, 6.07) is 7.62. The van der Waals surface area contributed by atoms with Crippen LogP contribution in [0.2, 0.25) is 0 Å². The highest BCUT2D eigenvalue weighted by molar-refractivity contribution is 7.80. The van der Waals surface area contributed by atoms with Crippen molar-refractivity contribution in [3.8, 4) is 0 Å². The first kappa shape index (κ1) is 17.3. The fourth-order valence-corrected chi connectivity index (χ4v) is 1.99. The highest BCUT2D eigenvalue weighted by atomic mass is 35.6. The summed E-state index contributed by atoms with van der Waals surface area (Å²) in [7, 11) is 0. The zero-order valence-electron chi connectivity index (χ0n) is 10.8. The maximum Gasteiger partial charge on any atom is 0.228 e. The van der Waals surface area contributed by atoms with E-state index in [-0.39, 0.29) is 11.0 Å². The van der Waals surface area contributed by atoms with Gasteiger partial charge in [0.05, 0.1) is 0 Å². The van der Waals surface area contributed by atoms with Crippen molar-refractivity contribution in [2.24, 2.45) is 0 Å². The molecule has 0 fully saturated rings. The molecule has 110 valence electrons. The molecule has 0 aliphatic rings. The number of amides is 1. The van der Waals surface area contributed by atoms with Crippen LogP contribution in [-0.2, 0) is 4.79 Å². The van der Waals surface area contributed by atoms with Crippen LogP contribution >= 0.6 is 47.0 Å². The van der Waals surface area contributed by atoms with Crippen LogP contribution in [0.25, 0.3) is 0 Å². The Labute approximate surface area is 138 Å². The average molecular weight is 355 g/mol. The largest absolute Gasteiger partial charge is 0.339 e. The van der Waals surface area contributed by atoms with Gasteiger partial charge in [0.2, 0.25) is 9.70 Å². The molecule has 4 nitrogen and oxygen atoms in total. The van der Waals surface area contributed by atoms with E-state index in [9.17, 15) is 4.79 Å². The van der Waals surface area contributed by atoms with E-state index in [2.05, 4.69) is 16.0 Å². The predicted octanol–water partition coefficient (Wildman–Crippen LogP) is 3.11. The third kappa shape index (κ3) is 6.13. The van der Waals surface area contributed by atoms with Crippen molar-refractivity contribution >= 4 is 63.7 Å². The number of hydrogen-bond donors (Lipinski definition) is 3. The minimum absolute atomic E-state index is 0.237. The molecule has 3 N–H and O–H groups in total.